The van der Waals surface area contributed by atoms with Gasteiger partial charge in [0.05, 0.1) is 11.3 Å². The number of ether oxygens (including phenoxy) is 1. The first-order chi connectivity index (χ1) is 12.4. The molecule has 0 bridgehead atoms. The third-order valence-electron chi connectivity index (χ3n) is 3.35. The number of nitrogens with one attached hydrogen (secondary N) is 1. The van der Waals surface area contributed by atoms with E-state index in [0.717, 1.165) is 6.08 Å². The number of hydrogen-bond donors (Lipinski definition) is 1. The van der Waals surface area contributed by atoms with Gasteiger partial charge in [0, 0.05) is 21.7 Å². The lowest BCUT2D eigenvalue weighted by atomic mass is 10.2. The minimum absolute atomic E-state index is 0.313. The number of para-hydroxylation sites is 1. The molecule has 0 aliphatic carbocycles. The van der Waals surface area contributed by atoms with Gasteiger partial charge in [-0.3, -0.25) is 4.79 Å². The molecule has 0 fully saturated rings. The van der Waals surface area contributed by atoms with E-state index >= 15 is 0 Å². The third kappa shape index (κ3) is 5.09. The van der Waals surface area contributed by atoms with Crippen molar-refractivity contribution >= 4 is 46.8 Å². The summed E-state index contributed by atoms with van der Waals surface area (Å²) >= 11 is 12.0. The Morgan fingerprint density at radius 2 is 1.81 bits per heavy atom. The molecule has 0 aliphatic heterocycles. The summed E-state index contributed by atoms with van der Waals surface area (Å²) in [4.78, 5) is 24.0. The minimum atomic E-state index is -1.05. The lowest BCUT2D eigenvalue weighted by Crippen LogP contribution is -2.29. The largest absolute Gasteiger partial charge is 0.449 e. The van der Waals surface area contributed by atoms with E-state index in [4.69, 9.17) is 33.2 Å². The summed E-state index contributed by atoms with van der Waals surface area (Å²) in [6, 6.07) is 13.5. The summed E-state index contributed by atoms with van der Waals surface area (Å²) in [6.45, 7) is 1.43. The van der Waals surface area contributed by atoms with Crippen molar-refractivity contribution in [3.05, 3.63) is 69.7 Å². The van der Waals surface area contributed by atoms with Gasteiger partial charge in [0.2, 0.25) is 0 Å². The molecule has 1 N–H and O–H groups in total. The van der Waals surface area contributed by atoms with E-state index in [-0.39, 0.29) is 0 Å². The lowest BCUT2D eigenvalue weighted by molar-refractivity contribution is -0.148. The molecule has 5 nitrogen and oxygen atoms in total. The van der Waals surface area contributed by atoms with Crippen molar-refractivity contribution in [3.63, 3.8) is 0 Å². The molecule has 0 unspecified atom stereocenters. The second-order valence-electron chi connectivity index (χ2n) is 5.19. The van der Waals surface area contributed by atoms with E-state index < -0.39 is 18.0 Å². The molecule has 0 aliphatic rings. The van der Waals surface area contributed by atoms with E-state index in [1.54, 1.807) is 42.5 Å². The van der Waals surface area contributed by atoms with Crippen LogP contribution in [-0.4, -0.2) is 18.0 Å². The molecule has 0 heterocycles. The lowest BCUT2D eigenvalue weighted by Gasteiger charge is -2.13. The van der Waals surface area contributed by atoms with Crippen molar-refractivity contribution < 1.29 is 14.3 Å². The first-order valence-electron chi connectivity index (χ1n) is 7.55. The van der Waals surface area contributed by atoms with Gasteiger partial charge < -0.3 is 10.1 Å². The number of anilines is 1. The van der Waals surface area contributed by atoms with Gasteiger partial charge in [0.25, 0.3) is 5.91 Å². The van der Waals surface area contributed by atoms with Crippen molar-refractivity contribution in [2.75, 3.05) is 5.32 Å². The number of carbonyl (C=O) groups is 2. The van der Waals surface area contributed by atoms with Crippen molar-refractivity contribution in [1.82, 2.24) is 0 Å². The molecule has 0 aromatic heterocycles. The molecule has 7 heteroatoms. The van der Waals surface area contributed by atoms with Gasteiger partial charge in [-0.15, -0.1) is 0 Å². The highest BCUT2D eigenvalue weighted by atomic mass is 35.5. The van der Waals surface area contributed by atoms with Crippen LogP contribution in [0.5, 0.6) is 0 Å². The maximum atomic E-state index is 12.1. The molecule has 2 rings (SSSR count). The Labute approximate surface area is 160 Å². The normalized spacial score (nSPS) is 11.6. The fraction of sp³-hybridized carbons (Fsp3) is 0.105. The zero-order chi connectivity index (χ0) is 19.1. The zero-order valence-electron chi connectivity index (χ0n) is 13.7. The molecular weight excluding hydrogens is 375 g/mol. The highest BCUT2D eigenvalue weighted by molar-refractivity contribution is 6.37. The standard InChI is InChI=1S/C19H14Cl2N2O3/c1-12(19(25)23-17-8-3-2-5-13(17)11-22)26-18(24)10-9-14-15(20)6-4-7-16(14)21/h2-10,12H,1H3,(H,23,25)/b10-9+/t12-/m0/s1. The van der Waals surface area contributed by atoms with Gasteiger partial charge in [-0.2, -0.15) is 5.26 Å². The second kappa shape index (κ2) is 9.04. The summed E-state index contributed by atoms with van der Waals surface area (Å²) in [6.07, 6.45) is 1.50. The molecule has 0 saturated carbocycles. The first-order valence-corrected chi connectivity index (χ1v) is 8.30. The summed E-state index contributed by atoms with van der Waals surface area (Å²) in [5.41, 5.74) is 1.14. The Morgan fingerprint density at radius 1 is 1.15 bits per heavy atom. The average molecular weight is 389 g/mol. The molecule has 2 aromatic carbocycles. The van der Waals surface area contributed by atoms with E-state index in [1.807, 2.05) is 6.07 Å². The monoisotopic (exact) mass is 388 g/mol. The second-order valence-corrected chi connectivity index (χ2v) is 6.01. The fourth-order valence-corrected chi connectivity index (χ4v) is 2.54. The van der Waals surface area contributed by atoms with Crippen molar-refractivity contribution in [1.29, 1.82) is 5.26 Å². The Bertz CT molecular complexity index is 884. The topological polar surface area (TPSA) is 79.2 Å². The predicted octanol–water partition coefficient (Wildman–Crippen LogP) is 4.45. The molecule has 0 spiro atoms. The number of carbonyl (C=O) groups excluding carboxylic acids is 2. The van der Waals surface area contributed by atoms with Crippen LogP contribution in [0.4, 0.5) is 5.69 Å². The number of rotatable bonds is 5. The van der Waals surface area contributed by atoms with Crippen molar-refractivity contribution in [2.24, 2.45) is 0 Å². The number of nitriles is 1. The Balaban J connectivity index is 1.99. The average Bonchev–Trinajstić information content (AvgIpc) is 2.61. The number of amides is 1. The van der Waals surface area contributed by atoms with E-state index in [0.29, 0.717) is 26.9 Å². The van der Waals surface area contributed by atoms with Gasteiger partial charge in [-0.1, -0.05) is 41.4 Å². The summed E-state index contributed by atoms with van der Waals surface area (Å²) < 4.78 is 5.05. The number of halogens is 2. The molecule has 0 radical (unpaired) electrons. The summed E-state index contributed by atoms with van der Waals surface area (Å²) in [5.74, 6) is -1.28. The quantitative estimate of drug-likeness (QED) is 0.605. The predicted molar refractivity (Wildman–Crippen MR) is 101 cm³/mol. The van der Waals surface area contributed by atoms with Crippen LogP contribution in [-0.2, 0) is 14.3 Å². The molecule has 2 aromatic rings. The van der Waals surface area contributed by atoms with Crippen LogP contribution in [0.3, 0.4) is 0 Å². The van der Waals surface area contributed by atoms with Crippen LogP contribution in [0.2, 0.25) is 10.0 Å². The molecule has 132 valence electrons. The van der Waals surface area contributed by atoms with Crippen LogP contribution >= 0.6 is 23.2 Å². The van der Waals surface area contributed by atoms with Crippen LogP contribution in [0.25, 0.3) is 6.08 Å². The maximum Gasteiger partial charge on any atom is 0.331 e. The molecular formula is C19H14Cl2N2O3. The SMILES string of the molecule is C[C@H](OC(=O)/C=C/c1c(Cl)cccc1Cl)C(=O)Nc1ccccc1C#N. The van der Waals surface area contributed by atoms with E-state index in [1.165, 1.54) is 13.0 Å². The van der Waals surface area contributed by atoms with Gasteiger partial charge in [0.15, 0.2) is 6.10 Å². The summed E-state index contributed by atoms with van der Waals surface area (Å²) in [7, 11) is 0. The minimum Gasteiger partial charge on any atom is -0.449 e. The first kappa shape index (κ1) is 19.5. The molecule has 0 saturated heterocycles. The Kier molecular flexibility index (Phi) is 6.79. The van der Waals surface area contributed by atoms with Crippen LogP contribution in [0, 0.1) is 11.3 Å². The van der Waals surface area contributed by atoms with Crippen molar-refractivity contribution in [2.45, 2.75) is 13.0 Å². The van der Waals surface area contributed by atoms with Gasteiger partial charge >= 0.3 is 5.97 Å². The number of benzene rings is 2. The van der Waals surface area contributed by atoms with E-state index in [2.05, 4.69) is 5.32 Å². The van der Waals surface area contributed by atoms with Gasteiger partial charge in [0.1, 0.15) is 6.07 Å². The molecule has 26 heavy (non-hydrogen) atoms. The Morgan fingerprint density at radius 3 is 2.46 bits per heavy atom. The zero-order valence-corrected chi connectivity index (χ0v) is 15.2. The molecule has 1 atom stereocenters. The highest BCUT2D eigenvalue weighted by Crippen LogP contribution is 2.25. The summed E-state index contributed by atoms with van der Waals surface area (Å²) in [5, 5.41) is 12.4. The van der Waals surface area contributed by atoms with Gasteiger partial charge in [-0.25, -0.2) is 4.79 Å². The fourth-order valence-electron chi connectivity index (χ4n) is 2.01. The number of esters is 1. The third-order valence-corrected chi connectivity index (χ3v) is 4.01. The number of hydrogen-bond acceptors (Lipinski definition) is 4. The van der Waals surface area contributed by atoms with Crippen LogP contribution in [0.1, 0.15) is 18.1 Å². The highest BCUT2D eigenvalue weighted by Gasteiger charge is 2.18. The number of nitrogens with zero attached hydrogens (tertiary/aromatic N) is 1. The van der Waals surface area contributed by atoms with Crippen LogP contribution < -0.4 is 5.32 Å². The van der Waals surface area contributed by atoms with E-state index in [9.17, 15) is 9.59 Å². The van der Waals surface area contributed by atoms with Crippen molar-refractivity contribution in [3.8, 4) is 6.07 Å². The van der Waals surface area contributed by atoms with Gasteiger partial charge in [-0.05, 0) is 37.3 Å². The smallest absolute Gasteiger partial charge is 0.331 e. The van der Waals surface area contributed by atoms with Crippen LogP contribution in [0.15, 0.2) is 48.5 Å². The molecule has 1 amide bonds. The Hall–Kier alpha value is -2.81. The maximum absolute atomic E-state index is 12.1.